The Kier molecular flexibility index (Phi) is 6.60. The van der Waals surface area contributed by atoms with E-state index in [4.69, 9.17) is 0 Å². The molecular formula is C16H22N2O2S. The van der Waals surface area contributed by atoms with Crippen molar-refractivity contribution in [2.75, 3.05) is 25.4 Å². The molecule has 1 aliphatic rings. The molecule has 21 heavy (non-hydrogen) atoms. The third-order valence-corrected chi connectivity index (χ3v) is 4.47. The molecule has 1 aromatic carbocycles. The van der Waals surface area contributed by atoms with Gasteiger partial charge in [0.05, 0.1) is 0 Å². The highest BCUT2D eigenvalue weighted by Gasteiger charge is 2.17. The first kappa shape index (κ1) is 15.9. The summed E-state index contributed by atoms with van der Waals surface area (Å²) in [5, 5.41) is 2.82. The molecule has 1 aliphatic heterocycles. The third kappa shape index (κ3) is 5.79. The van der Waals surface area contributed by atoms with E-state index in [0.29, 0.717) is 19.4 Å². The van der Waals surface area contributed by atoms with Crippen LogP contribution in [0.5, 0.6) is 0 Å². The van der Waals surface area contributed by atoms with Gasteiger partial charge in [-0.05, 0) is 25.0 Å². The minimum Gasteiger partial charge on any atom is -0.356 e. The summed E-state index contributed by atoms with van der Waals surface area (Å²) in [7, 11) is 0. The Balaban J connectivity index is 1.54. The summed E-state index contributed by atoms with van der Waals surface area (Å²) in [6.07, 6.45) is 3.11. The van der Waals surface area contributed by atoms with Crippen molar-refractivity contribution in [2.45, 2.75) is 30.6 Å². The van der Waals surface area contributed by atoms with Gasteiger partial charge in [-0.1, -0.05) is 18.2 Å². The predicted octanol–water partition coefficient (Wildman–Crippen LogP) is 2.30. The summed E-state index contributed by atoms with van der Waals surface area (Å²) in [4.78, 5) is 26.5. The van der Waals surface area contributed by atoms with Gasteiger partial charge in [-0.15, -0.1) is 11.8 Å². The lowest BCUT2D eigenvalue weighted by Crippen LogP contribution is -2.32. The number of hydrogen-bond donors (Lipinski definition) is 1. The fraction of sp³-hybridized carbons (Fsp3) is 0.500. The van der Waals surface area contributed by atoms with Crippen molar-refractivity contribution in [3.05, 3.63) is 30.3 Å². The molecular weight excluding hydrogens is 284 g/mol. The monoisotopic (exact) mass is 306 g/mol. The lowest BCUT2D eigenvalue weighted by molar-refractivity contribution is -0.130. The Morgan fingerprint density at radius 3 is 2.52 bits per heavy atom. The number of benzene rings is 1. The molecule has 1 aromatic rings. The molecule has 2 amide bonds. The highest BCUT2D eigenvalue weighted by molar-refractivity contribution is 7.99. The van der Waals surface area contributed by atoms with E-state index < -0.39 is 0 Å². The van der Waals surface area contributed by atoms with Crippen molar-refractivity contribution >= 4 is 23.6 Å². The molecule has 0 bridgehead atoms. The molecule has 5 heteroatoms. The van der Waals surface area contributed by atoms with E-state index >= 15 is 0 Å². The Morgan fingerprint density at radius 1 is 1.10 bits per heavy atom. The van der Waals surface area contributed by atoms with Crippen LogP contribution < -0.4 is 5.32 Å². The fourth-order valence-corrected chi connectivity index (χ4v) is 3.17. The van der Waals surface area contributed by atoms with Gasteiger partial charge in [-0.25, -0.2) is 0 Å². The number of hydrogen-bond acceptors (Lipinski definition) is 3. The summed E-state index contributed by atoms with van der Waals surface area (Å²) in [5.74, 6) is 0.940. The number of amides is 2. The van der Waals surface area contributed by atoms with E-state index in [1.165, 1.54) is 4.90 Å². The van der Waals surface area contributed by atoms with Crippen LogP contribution in [0.15, 0.2) is 35.2 Å². The fourth-order valence-electron chi connectivity index (χ4n) is 2.30. The number of rotatable bonds is 7. The van der Waals surface area contributed by atoms with Gasteiger partial charge in [0.1, 0.15) is 0 Å². The molecule has 1 fully saturated rings. The summed E-state index contributed by atoms with van der Waals surface area (Å²) in [6, 6.07) is 10.0. The summed E-state index contributed by atoms with van der Waals surface area (Å²) in [5.41, 5.74) is 0. The number of carbonyl (C=O) groups is 2. The highest BCUT2D eigenvalue weighted by Crippen LogP contribution is 2.17. The van der Waals surface area contributed by atoms with Crippen LogP contribution in [-0.4, -0.2) is 42.1 Å². The first-order valence-electron chi connectivity index (χ1n) is 7.48. The average Bonchev–Trinajstić information content (AvgIpc) is 3.02. The molecule has 2 rings (SSSR count). The number of likely N-dealkylation sites (tertiary alicyclic amines) is 1. The van der Waals surface area contributed by atoms with Gasteiger partial charge in [0.2, 0.25) is 11.8 Å². The van der Waals surface area contributed by atoms with Crippen LogP contribution in [0.4, 0.5) is 0 Å². The lowest BCUT2D eigenvalue weighted by atomic mass is 10.3. The number of carbonyl (C=O) groups excluding carboxylic acids is 2. The zero-order chi connectivity index (χ0) is 14.9. The van der Waals surface area contributed by atoms with Crippen molar-refractivity contribution in [1.82, 2.24) is 10.2 Å². The van der Waals surface area contributed by atoms with E-state index in [0.717, 1.165) is 31.7 Å². The Bertz CT molecular complexity index is 459. The van der Waals surface area contributed by atoms with Crippen molar-refractivity contribution in [2.24, 2.45) is 0 Å². The first-order valence-corrected chi connectivity index (χ1v) is 8.46. The first-order chi connectivity index (χ1) is 10.3. The molecule has 1 heterocycles. The standard InChI is InChI=1S/C16H22N2O2S/c19-15(9-13-21-14-6-2-1-3-7-14)17-10-8-16(20)18-11-4-5-12-18/h1-3,6-7H,4-5,8-13H2,(H,17,19). The molecule has 114 valence electrons. The quantitative estimate of drug-likeness (QED) is 0.786. The molecule has 0 aliphatic carbocycles. The molecule has 4 nitrogen and oxygen atoms in total. The molecule has 0 spiro atoms. The van der Waals surface area contributed by atoms with Gasteiger partial charge in [-0.3, -0.25) is 9.59 Å². The smallest absolute Gasteiger partial charge is 0.224 e. The predicted molar refractivity (Wildman–Crippen MR) is 85.2 cm³/mol. The van der Waals surface area contributed by atoms with Gasteiger partial charge < -0.3 is 10.2 Å². The van der Waals surface area contributed by atoms with Gasteiger partial charge in [0.25, 0.3) is 0 Å². The highest BCUT2D eigenvalue weighted by atomic mass is 32.2. The Morgan fingerprint density at radius 2 is 1.81 bits per heavy atom. The number of nitrogens with zero attached hydrogens (tertiary/aromatic N) is 1. The second-order valence-corrected chi connectivity index (χ2v) is 6.27. The van der Waals surface area contributed by atoms with Gasteiger partial charge in [-0.2, -0.15) is 0 Å². The van der Waals surface area contributed by atoms with Crippen LogP contribution in [0.1, 0.15) is 25.7 Å². The molecule has 0 atom stereocenters. The largest absolute Gasteiger partial charge is 0.356 e. The van der Waals surface area contributed by atoms with Crippen molar-refractivity contribution in [3.63, 3.8) is 0 Å². The molecule has 1 saturated heterocycles. The van der Waals surface area contributed by atoms with E-state index in [1.807, 2.05) is 35.2 Å². The maximum Gasteiger partial charge on any atom is 0.224 e. The minimum absolute atomic E-state index is 0.0210. The molecule has 0 radical (unpaired) electrons. The molecule has 0 aromatic heterocycles. The van der Waals surface area contributed by atoms with Crippen LogP contribution in [0.25, 0.3) is 0 Å². The second kappa shape index (κ2) is 8.72. The van der Waals surface area contributed by atoms with E-state index in [2.05, 4.69) is 5.32 Å². The normalized spacial score (nSPS) is 14.2. The molecule has 0 unspecified atom stereocenters. The topological polar surface area (TPSA) is 49.4 Å². The summed E-state index contributed by atoms with van der Waals surface area (Å²) < 4.78 is 0. The van der Waals surface area contributed by atoms with Crippen LogP contribution in [-0.2, 0) is 9.59 Å². The second-order valence-electron chi connectivity index (χ2n) is 5.10. The SMILES string of the molecule is O=C(CCSc1ccccc1)NCCC(=O)N1CCCC1. The van der Waals surface area contributed by atoms with E-state index in [-0.39, 0.29) is 11.8 Å². The van der Waals surface area contributed by atoms with Crippen molar-refractivity contribution in [1.29, 1.82) is 0 Å². The zero-order valence-corrected chi connectivity index (χ0v) is 13.0. The van der Waals surface area contributed by atoms with Crippen LogP contribution in [0.2, 0.25) is 0 Å². The van der Waals surface area contributed by atoms with Crippen LogP contribution in [0, 0.1) is 0 Å². The minimum atomic E-state index is 0.0210. The van der Waals surface area contributed by atoms with E-state index in [9.17, 15) is 9.59 Å². The van der Waals surface area contributed by atoms with Crippen molar-refractivity contribution < 1.29 is 9.59 Å². The Hall–Kier alpha value is -1.49. The van der Waals surface area contributed by atoms with Crippen molar-refractivity contribution in [3.8, 4) is 0 Å². The number of thioether (sulfide) groups is 1. The van der Waals surface area contributed by atoms with Gasteiger partial charge in [0.15, 0.2) is 0 Å². The van der Waals surface area contributed by atoms with Crippen LogP contribution in [0.3, 0.4) is 0 Å². The maximum absolute atomic E-state index is 11.8. The maximum atomic E-state index is 11.8. The summed E-state index contributed by atoms with van der Waals surface area (Å²) in [6.45, 7) is 2.20. The van der Waals surface area contributed by atoms with Gasteiger partial charge in [0, 0.05) is 43.1 Å². The van der Waals surface area contributed by atoms with Gasteiger partial charge >= 0.3 is 0 Å². The van der Waals surface area contributed by atoms with Crippen LogP contribution >= 0.6 is 11.8 Å². The molecule has 1 N–H and O–H groups in total. The Labute approximate surface area is 130 Å². The number of nitrogens with one attached hydrogen (secondary N) is 1. The lowest BCUT2D eigenvalue weighted by Gasteiger charge is -2.15. The molecule has 0 saturated carbocycles. The zero-order valence-electron chi connectivity index (χ0n) is 12.2. The third-order valence-electron chi connectivity index (χ3n) is 3.46. The average molecular weight is 306 g/mol. The van der Waals surface area contributed by atoms with E-state index in [1.54, 1.807) is 11.8 Å². The summed E-state index contributed by atoms with van der Waals surface area (Å²) >= 11 is 1.67.